The fourth-order valence-electron chi connectivity index (χ4n) is 4.10. The van der Waals surface area contributed by atoms with Crippen LogP contribution in [0.1, 0.15) is 34.8 Å². The first-order valence-corrected chi connectivity index (χ1v) is 9.89. The van der Waals surface area contributed by atoms with Crippen molar-refractivity contribution in [3.05, 3.63) is 63.7 Å². The highest BCUT2D eigenvalue weighted by Crippen LogP contribution is 2.35. The number of nitro benzene ring substituents is 1. The zero-order valence-corrected chi connectivity index (χ0v) is 17.5. The summed E-state index contributed by atoms with van der Waals surface area (Å²) in [6.07, 6.45) is 2.07. The standard InChI is InChI=1S/C22H27N3O5/c1-24-12-4-5-17(21(24)15-6-9-18(29-2)10-7-15)14-23-22(26)16-8-11-19(25(27)28)20(13-16)30-3/h6-11,13,17,21H,4-5,12,14H2,1-3H3,(H,23,26). The second-order valence-electron chi connectivity index (χ2n) is 7.45. The quantitative estimate of drug-likeness (QED) is 0.552. The van der Waals surface area contributed by atoms with Gasteiger partial charge in [0.1, 0.15) is 5.75 Å². The summed E-state index contributed by atoms with van der Waals surface area (Å²) in [7, 11) is 5.10. The zero-order chi connectivity index (χ0) is 21.7. The highest BCUT2D eigenvalue weighted by molar-refractivity contribution is 5.95. The molecular weight excluding hydrogens is 386 g/mol. The molecule has 0 aliphatic carbocycles. The molecule has 2 aromatic carbocycles. The van der Waals surface area contributed by atoms with Gasteiger partial charge in [0.2, 0.25) is 0 Å². The number of carbonyl (C=O) groups is 1. The summed E-state index contributed by atoms with van der Waals surface area (Å²) in [5.41, 5.74) is 1.36. The minimum absolute atomic E-state index is 0.0705. The molecule has 8 heteroatoms. The van der Waals surface area contributed by atoms with Crippen molar-refractivity contribution in [3.8, 4) is 11.5 Å². The van der Waals surface area contributed by atoms with Crippen molar-refractivity contribution < 1.29 is 19.2 Å². The molecule has 1 heterocycles. The van der Waals surface area contributed by atoms with Crippen molar-refractivity contribution in [2.24, 2.45) is 5.92 Å². The molecule has 1 saturated heterocycles. The van der Waals surface area contributed by atoms with Gasteiger partial charge in [0.05, 0.1) is 19.1 Å². The summed E-state index contributed by atoms with van der Waals surface area (Å²) in [4.78, 5) is 25.5. The molecule has 0 aromatic heterocycles. The summed E-state index contributed by atoms with van der Waals surface area (Å²) in [6, 6.07) is 12.4. The van der Waals surface area contributed by atoms with E-state index in [0.717, 1.165) is 25.1 Å². The van der Waals surface area contributed by atoms with Crippen LogP contribution in [0.25, 0.3) is 0 Å². The monoisotopic (exact) mass is 413 g/mol. The van der Waals surface area contributed by atoms with E-state index < -0.39 is 4.92 Å². The van der Waals surface area contributed by atoms with Crippen molar-refractivity contribution in [1.29, 1.82) is 0 Å². The van der Waals surface area contributed by atoms with Crippen molar-refractivity contribution in [2.45, 2.75) is 18.9 Å². The number of amides is 1. The number of hydrogen-bond acceptors (Lipinski definition) is 6. The minimum Gasteiger partial charge on any atom is -0.497 e. The Hall–Kier alpha value is -3.13. The maximum absolute atomic E-state index is 12.7. The molecule has 0 bridgehead atoms. The third-order valence-electron chi connectivity index (χ3n) is 5.63. The Bertz CT molecular complexity index is 900. The van der Waals surface area contributed by atoms with Crippen LogP contribution in [-0.4, -0.2) is 50.1 Å². The van der Waals surface area contributed by atoms with Gasteiger partial charge in [0.15, 0.2) is 5.75 Å². The summed E-state index contributed by atoms with van der Waals surface area (Å²) in [6.45, 7) is 1.51. The highest BCUT2D eigenvalue weighted by atomic mass is 16.6. The highest BCUT2D eigenvalue weighted by Gasteiger charge is 2.31. The van der Waals surface area contributed by atoms with Crippen molar-refractivity contribution >= 4 is 11.6 Å². The second kappa shape index (κ2) is 9.58. The zero-order valence-electron chi connectivity index (χ0n) is 17.5. The van der Waals surface area contributed by atoms with Gasteiger partial charge in [-0.25, -0.2) is 0 Å². The summed E-state index contributed by atoms with van der Waals surface area (Å²) in [5, 5.41) is 14.0. The minimum atomic E-state index is -0.530. The van der Waals surface area contributed by atoms with E-state index in [-0.39, 0.29) is 29.3 Å². The molecule has 30 heavy (non-hydrogen) atoms. The molecule has 0 saturated carbocycles. The number of methoxy groups -OCH3 is 2. The van der Waals surface area contributed by atoms with Gasteiger partial charge >= 0.3 is 5.69 Å². The summed E-state index contributed by atoms with van der Waals surface area (Å²) >= 11 is 0. The molecule has 1 amide bonds. The summed E-state index contributed by atoms with van der Waals surface area (Å²) in [5.74, 6) is 0.862. The number of rotatable bonds is 7. The molecule has 1 fully saturated rings. The van der Waals surface area contributed by atoms with Crippen LogP contribution in [0.3, 0.4) is 0 Å². The van der Waals surface area contributed by atoms with Crippen LogP contribution < -0.4 is 14.8 Å². The largest absolute Gasteiger partial charge is 0.497 e. The molecule has 160 valence electrons. The van der Waals surface area contributed by atoms with Crippen molar-refractivity contribution in [1.82, 2.24) is 10.2 Å². The van der Waals surface area contributed by atoms with Crippen LogP contribution in [0, 0.1) is 16.0 Å². The molecule has 1 aliphatic heterocycles. The van der Waals surface area contributed by atoms with Gasteiger partial charge in [-0.2, -0.15) is 0 Å². The molecule has 1 N–H and O–H groups in total. The lowest BCUT2D eigenvalue weighted by atomic mass is 9.85. The Morgan fingerprint density at radius 2 is 1.93 bits per heavy atom. The first kappa shape index (κ1) is 21.6. The van der Waals surface area contributed by atoms with E-state index in [0.29, 0.717) is 12.1 Å². The molecule has 8 nitrogen and oxygen atoms in total. The van der Waals surface area contributed by atoms with Gasteiger partial charge in [-0.05, 0) is 56.1 Å². The molecule has 2 unspecified atom stereocenters. The maximum Gasteiger partial charge on any atom is 0.310 e. The Balaban J connectivity index is 1.72. The second-order valence-corrected chi connectivity index (χ2v) is 7.45. The topological polar surface area (TPSA) is 93.9 Å². The number of carbonyl (C=O) groups excluding carboxylic acids is 1. The fourth-order valence-corrected chi connectivity index (χ4v) is 4.10. The smallest absolute Gasteiger partial charge is 0.310 e. The SMILES string of the molecule is COc1ccc(C2C(CNC(=O)c3ccc([N+](=O)[O-])c(OC)c3)CCCN2C)cc1. The van der Waals surface area contributed by atoms with E-state index in [1.54, 1.807) is 7.11 Å². The van der Waals surface area contributed by atoms with Crippen molar-refractivity contribution in [2.75, 3.05) is 34.4 Å². The van der Waals surface area contributed by atoms with Crippen LogP contribution >= 0.6 is 0 Å². The average molecular weight is 413 g/mol. The van der Waals surface area contributed by atoms with Gasteiger partial charge < -0.3 is 14.8 Å². The first-order valence-electron chi connectivity index (χ1n) is 9.89. The lowest BCUT2D eigenvalue weighted by molar-refractivity contribution is -0.385. The number of nitrogens with one attached hydrogen (secondary N) is 1. The predicted octanol–water partition coefficient (Wildman–Crippen LogP) is 3.42. The number of ether oxygens (including phenoxy) is 2. The number of hydrogen-bond donors (Lipinski definition) is 1. The predicted molar refractivity (Wildman–Crippen MR) is 113 cm³/mol. The van der Waals surface area contributed by atoms with Crippen LogP contribution in [0.2, 0.25) is 0 Å². The van der Waals surface area contributed by atoms with Gasteiger partial charge in [0.25, 0.3) is 5.91 Å². The maximum atomic E-state index is 12.7. The third-order valence-corrected chi connectivity index (χ3v) is 5.63. The van der Waals surface area contributed by atoms with Crippen LogP contribution in [0.5, 0.6) is 11.5 Å². The van der Waals surface area contributed by atoms with E-state index in [9.17, 15) is 14.9 Å². The Morgan fingerprint density at radius 3 is 2.57 bits per heavy atom. The Kier molecular flexibility index (Phi) is 6.89. The number of likely N-dealkylation sites (tertiary alicyclic amines) is 1. The van der Waals surface area contributed by atoms with Gasteiger partial charge in [-0.15, -0.1) is 0 Å². The van der Waals surface area contributed by atoms with Gasteiger partial charge in [-0.1, -0.05) is 12.1 Å². The number of benzene rings is 2. The van der Waals surface area contributed by atoms with E-state index in [1.807, 2.05) is 12.1 Å². The first-order chi connectivity index (χ1) is 14.4. The lowest BCUT2D eigenvalue weighted by Crippen LogP contribution is -2.41. The molecule has 0 spiro atoms. The molecule has 3 rings (SSSR count). The Morgan fingerprint density at radius 1 is 1.20 bits per heavy atom. The number of nitro groups is 1. The van der Waals surface area contributed by atoms with E-state index >= 15 is 0 Å². The third kappa shape index (κ3) is 4.71. The average Bonchev–Trinajstić information content (AvgIpc) is 2.77. The number of nitrogens with zero attached hydrogens (tertiary/aromatic N) is 2. The van der Waals surface area contributed by atoms with Crippen molar-refractivity contribution in [3.63, 3.8) is 0 Å². The van der Waals surface area contributed by atoms with E-state index in [4.69, 9.17) is 9.47 Å². The molecule has 0 radical (unpaired) electrons. The van der Waals surface area contributed by atoms with Crippen LogP contribution in [0.15, 0.2) is 42.5 Å². The normalized spacial score (nSPS) is 19.2. The van der Waals surface area contributed by atoms with E-state index in [2.05, 4.69) is 29.4 Å². The van der Waals surface area contributed by atoms with E-state index in [1.165, 1.54) is 30.9 Å². The van der Waals surface area contributed by atoms with Gasteiger partial charge in [0, 0.05) is 30.3 Å². The lowest BCUT2D eigenvalue weighted by Gasteiger charge is -2.39. The van der Waals surface area contributed by atoms with Crippen LogP contribution in [-0.2, 0) is 0 Å². The number of piperidine rings is 1. The summed E-state index contributed by atoms with van der Waals surface area (Å²) < 4.78 is 10.3. The molecule has 2 atom stereocenters. The molecule has 2 aromatic rings. The van der Waals surface area contributed by atoms with Gasteiger partial charge in [-0.3, -0.25) is 19.8 Å². The Labute approximate surface area is 175 Å². The molecule has 1 aliphatic rings. The van der Waals surface area contributed by atoms with Crippen LogP contribution in [0.4, 0.5) is 5.69 Å². The molecular formula is C22H27N3O5. The fraction of sp³-hybridized carbons (Fsp3) is 0.409.